The SMILES string of the molecule is COc1cccc(C[NH+](C)[C@@H](C)C(=O)NC(c2ccccc2)c2ccccc2)c1. The first-order valence-electron chi connectivity index (χ1n) is 9.94. The highest BCUT2D eigenvalue weighted by Crippen LogP contribution is 2.21. The van der Waals surface area contributed by atoms with Crippen molar-refractivity contribution in [1.29, 1.82) is 0 Å². The monoisotopic (exact) mass is 389 g/mol. The number of rotatable bonds is 8. The van der Waals surface area contributed by atoms with Gasteiger partial charge in [-0.2, -0.15) is 0 Å². The van der Waals surface area contributed by atoms with Gasteiger partial charge in [0.1, 0.15) is 12.3 Å². The molecule has 2 N–H and O–H groups in total. The van der Waals surface area contributed by atoms with Crippen LogP contribution in [0.2, 0.25) is 0 Å². The van der Waals surface area contributed by atoms with Crippen LogP contribution in [0.5, 0.6) is 5.75 Å². The van der Waals surface area contributed by atoms with E-state index in [9.17, 15) is 4.79 Å². The van der Waals surface area contributed by atoms with Crippen LogP contribution in [0.3, 0.4) is 0 Å². The summed E-state index contributed by atoms with van der Waals surface area (Å²) in [5, 5.41) is 3.25. The second kappa shape index (κ2) is 9.89. The molecule has 4 heteroatoms. The number of ether oxygens (including phenoxy) is 1. The van der Waals surface area contributed by atoms with E-state index >= 15 is 0 Å². The van der Waals surface area contributed by atoms with E-state index in [0.717, 1.165) is 33.9 Å². The van der Waals surface area contributed by atoms with Gasteiger partial charge in [-0.05, 0) is 30.2 Å². The Hall–Kier alpha value is -3.11. The molecule has 0 aliphatic carbocycles. The summed E-state index contributed by atoms with van der Waals surface area (Å²) in [6.07, 6.45) is 0. The molecule has 4 nitrogen and oxygen atoms in total. The molecule has 0 bridgehead atoms. The molecule has 0 spiro atoms. The number of benzene rings is 3. The first-order valence-corrected chi connectivity index (χ1v) is 9.94. The molecule has 0 fully saturated rings. The minimum Gasteiger partial charge on any atom is -0.497 e. The fourth-order valence-corrected chi connectivity index (χ4v) is 3.40. The smallest absolute Gasteiger partial charge is 0.278 e. The highest BCUT2D eigenvalue weighted by molar-refractivity contribution is 5.80. The van der Waals surface area contributed by atoms with E-state index in [2.05, 4.69) is 35.6 Å². The molecule has 0 aliphatic heterocycles. The summed E-state index contributed by atoms with van der Waals surface area (Å²) < 4.78 is 5.31. The Bertz CT molecular complexity index is 873. The number of quaternary nitrogens is 1. The first-order chi connectivity index (χ1) is 14.1. The first kappa shape index (κ1) is 20.6. The van der Waals surface area contributed by atoms with Gasteiger partial charge < -0.3 is 15.0 Å². The zero-order chi connectivity index (χ0) is 20.6. The lowest BCUT2D eigenvalue weighted by atomic mass is 9.98. The molecule has 0 saturated carbocycles. The molecule has 3 aromatic rings. The van der Waals surface area contributed by atoms with Gasteiger partial charge in [-0.3, -0.25) is 4.79 Å². The molecule has 0 saturated heterocycles. The Morgan fingerprint density at radius 1 is 0.931 bits per heavy atom. The van der Waals surface area contributed by atoms with Gasteiger partial charge in [0.05, 0.1) is 20.2 Å². The summed E-state index contributed by atoms with van der Waals surface area (Å²) in [6, 6.07) is 27.8. The van der Waals surface area contributed by atoms with Gasteiger partial charge in [-0.25, -0.2) is 0 Å². The van der Waals surface area contributed by atoms with Crippen LogP contribution in [0.25, 0.3) is 0 Å². The van der Waals surface area contributed by atoms with E-state index in [0.29, 0.717) is 0 Å². The molecule has 0 radical (unpaired) electrons. The molecule has 1 unspecified atom stereocenters. The molecule has 0 heterocycles. The zero-order valence-electron chi connectivity index (χ0n) is 17.3. The lowest BCUT2D eigenvalue weighted by molar-refractivity contribution is -0.908. The normalized spacial score (nSPS) is 13.0. The largest absolute Gasteiger partial charge is 0.497 e. The standard InChI is InChI=1S/C25H28N2O2/c1-19(27(2)18-20-11-10-16-23(17-20)29-3)25(28)26-24(21-12-6-4-7-13-21)22-14-8-5-9-15-22/h4-17,19,24H,18H2,1-3H3,(H,26,28)/p+1/t19-/m0/s1. The number of likely N-dealkylation sites (N-methyl/N-ethyl adjacent to an activating group) is 1. The van der Waals surface area contributed by atoms with E-state index in [4.69, 9.17) is 4.74 Å². The summed E-state index contributed by atoms with van der Waals surface area (Å²) >= 11 is 0. The number of nitrogens with one attached hydrogen (secondary N) is 2. The topological polar surface area (TPSA) is 42.8 Å². The minimum absolute atomic E-state index is 0.0307. The average Bonchev–Trinajstić information content (AvgIpc) is 2.78. The Balaban J connectivity index is 1.73. The van der Waals surface area contributed by atoms with Crippen LogP contribution < -0.4 is 15.0 Å². The molecular formula is C25H29N2O2+. The van der Waals surface area contributed by atoms with E-state index in [-0.39, 0.29) is 18.0 Å². The summed E-state index contributed by atoms with van der Waals surface area (Å²) in [6.45, 7) is 2.71. The molecule has 0 aliphatic rings. The van der Waals surface area contributed by atoms with Crippen molar-refractivity contribution in [3.8, 4) is 5.75 Å². The molecule has 1 amide bonds. The van der Waals surface area contributed by atoms with Crippen LogP contribution in [0.1, 0.15) is 29.7 Å². The maximum atomic E-state index is 13.1. The van der Waals surface area contributed by atoms with Crippen LogP contribution in [-0.2, 0) is 11.3 Å². The maximum absolute atomic E-state index is 13.1. The van der Waals surface area contributed by atoms with Crippen LogP contribution in [0.15, 0.2) is 84.9 Å². The minimum atomic E-state index is -0.198. The van der Waals surface area contributed by atoms with E-state index in [1.54, 1.807) is 7.11 Å². The molecular weight excluding hydrogens is 360 g/mol. The number of methoxy groups -OCH3 is 1. The summed E-state index contributed by atoms with van der Waals surface area (Å²) in [7, 11) is 3.71. The highest BCUT2D eigenvalue weighted by Gasteiger charge is 2.25. The second-order valence-corrected chi connectivity index (χ2v) is 7.36. The summed E-state index contributed by atoms with van der Waals surface area (Å²) in [5.74, 6) is 0.865. The fourth-order valence-electron chi connectivity index (χ4n) is 3.40. The number of carbonyl (C=O) groups is 1. The van der Waals surface area contributed by atoms with Crippen LogP contribution in [0.4, 0.5) is 0 Å². The highest BCUT2D eigenvalue weighted by atomic mass is 16.5. The Morgan fingerprint density at radius 2 is 1.52 bits per heavy atom. The number of hydrogen-bond donors (Lipinski definition) is 2. The third-order valence-corrected chi connectivity index (χ3v) is 5.30. The quantitative estimate of drug-likeness (QED) is 0.622. The zero-order valence-corrected chi connectivity index (χ0v) is 17.3. The van der Waals surface area contributed by atoms with E-state index < -0.39 is 0 Å². The van der Waals surface area contributed by atoms with Crippen LogP contribution in [0, 0.1) is 0 Å². The summed E-state index contributed by atoms with van der Waals surface area (Å²) in [5.41, 5.74) is 3.29. The fraction of sp³-hybridized carbons (Fsp3) is 0.240. The van der Waals surface area contributed by atoms with Gasteiger partial charge in [0.25, 0.3) is 5.91 Å². The van der Waals surface area contributed by atoms with Gasteiger partial charge in [-0.15, -0.1) is 0 Å². The van der Waals surface area contributed by atoms with Crippen molar-refractivity contribution < 1.29 is 14.4 Å². The average molecular weight is 390 g/mol. The van der Waals surface area contributed by atoms with Crippen molar-refractivity contribution in [1.82, 2.24) is 5.32 Å². The van der Waals surface area contributed by atoms with Crippen molar-refractivity contribution >= 4 is 5.91 Å². The molecule has 29 heavy (non-hydrogen) atoms. The number of hydrogen-bond acceptors (Lipinski definition) is 2. The third kappa shape index (κ3) is 5.46. The van der Waals surface area contributed by atoms with Crippen molar-refractivity contribution in [2.45, 2.75) is 25.6 Å². The van der Waals surface area contributed by atoms with Gasteiger partial charge in [0.2, 0.25) is 0 Å². The summed E-state index contributed by atoms with van der Waals surface area (Å²) in [4.78, 5) is 14.2. The number of amides is 1. The van der Waals surface area contributed by atoms with Crippen molar-refractivity contribution in [2.24, 2.45) is 0 Å². The Morgan fingerprint density at radius 3 is 2.07 bits per heavy atom. The van der Waals surface area contributed by atoms with E-state index in [1.165, 1.54) is 0 Å². The molecule has 0 aromatic heterocycles. The van der Waals surface area contributed by atoms with Crippen molar-refractivity contribution in [3.05, 3.63) is 102 Å². The lowest BCUT2D eigenvalue weighted by Gasteiger charge is -2.25. The Labute approximate surface area is 173 Å². The second-order valence-electron chi connectivity index (χ2n) is 7.36. The predicted octanol–water partition coefficient (Wildman–Crippen LogP) is 3.00. The number of carbonyl (C=O) groups excluding carboxylic acids is 1. The van der Waals surface area contributed by atoms with Gasteiger partial charge >= 0.3 is 0 Å². The molecule has 3 aromatic carbocycles. The van der Waals surface area contributed by atoms with E-state index in [1.807, 2.05) is 68.6 Å². The van der Waals surface area contributed by atoms with Crippen LogP contribution >= 0.6 is 0 Å². The molecule has 3 rings (SSSR count). The lowest BCUT2D eigenvalue weighted by Crippen LogP contribution is -3.12. The van der Waals surface area contributed by atoms with Gasteiger partial charge in [0, 0.05) is 5.56 Å². The van der Waals surface area contributed by atoms with Crippen molar-refractivity contribution in [2.75, 3.05) is 14.2 Å². The maximum Gasteiger partial charge on any atom is 0.278 e. The van der Waals surface area contributed by atoms with Gasteiger partial charge in [0.15, 0.2) is 6.04 Å². The molecule has 150 valence electrons. The van der Waals surface area contributed by atoms with Gasteiger partial charge in [-0.1, -0.05) is 72.8 Å². The Kier molecular flexibility index (Phi) is 7.04. The predicted molar refractivity (Wildman–Crippen MR) is 116 cm³/mol. The van der Waals surface area contributed by atoms with Crippen LogP contribution in [-0.4, -0.2) is 26.1 Å². The molecule has 2 atom stereocenters. The third-order valence-electron chi connectivity index (χ3n) is 5.30. The van der Waals surface area contributed by atoms with Crippen molar-refractivity contribution in [3.63, 3.8) is 0 Å².